The molecule has 4 aromatic rings. The summed E-state index contributed by atoms with van der Waals surface area (Å²) in [7, 11) is 1.60. The first-order valence-electron chi connectivity index (χ1n) is 9.80. The van der Waals surface area contributed by atoms with Gasteiger partial charge < -0.3 is 4.74 Å². The van der Waals surface area contributed by atoms with Gasteiger partial charge in [-0.05, 0) is 24.3 Å². The van der Waals surface area contributed by atoms with Crippen LogP contribution in [-0.4, -0.2) is 33.0 Å². The lowest BCUT2D eigenvalue weighted by Gasteiger charge is -2.12. The number of nitrogens with zero attached hydrogens (tertiary/aromatic N) is 4. The second kappa shape index (κ2) is 8.31. The van der Waals surface area contributed by atoms with E-state index in [0.29, 0.717) is 22.1 Å². The quantitative estimate of drug-likeness (QED) is 0.482. The van der Waals surface area contributed by atoms with Crippen molar-refractivity contribution in [3.8, 4) is 22.7 Å². The molecule has 0 radical (unpaired) electrons. The van der Waals surface area contributed by atoms with Gasteiger partial charge in [0.2, 0.25) is 5.13 Å². The molecule has 0 spiro atoms. The molecular formula is C23H23N5O2S. The van der Waals surface area contributed by atoms with E-state index in [0.717, 1.165) is 16.3 Å². The maximum Gasteiger partial charge on any atom is 0.261 e. The van der Waals surface area contributed by atoms with Crippen LogP contribution in [0.4, 0.5) is 5.13 Å². The minimum atomic E-state index is -0.306. The van der Waals surface area contributed by atoms with Crippen molar-refractivity contribution in [2.24, 2.45) is 0 Å². The number of nitrogens with one attached hydrogen (secondary N) is 1. The zero-order valence-electron chi connectivity index (χ0n) is 17.8. The zero-order valence-corrected chi connectivity index (χ0v) is 18.6. The molecule has 2 heterocycles. The lowest BCUT2D eigenvalue weighted by molar-refractivity contribution is 0.102. The number of benzene rings is 2. The molecule has 0 saturated carbocycles. The van der Waals surface area contributed by atoms with Gasteiger partial charge in [-0.1, -0.05) is 62.4 Å². The van der Waals surface area contributed by atoms with Crippen molar-refractivity contribution >= 4 is 22.4 Å². The van der Waals surface area contributed by atoms with Crippen molar-refractivity contribution in [3.63, 3.8) is 0 Å². The largest absolute Gasteiger partial charge is 0.496 e. The van der Waals surface area contributed by atoms with Crippen molar-refractivity contribution < 1.29 is 9.53 Å². The summed E-state index contributed by atoms with van der Waals surface area (Å²) in [5.41, 5.74) is 2.39. The molecule has 2 aromatic heterocycles. The van der Waals surface area contributed by atoms with E-state index in [1.165, 1.54) is 11.3 Å². The summed E-state index contributed by atoms with van der Waals surface area (Å²) in [5.74, 6) is 0.334. The lowest BCUT2D eigenvalue weighted by Crippen LogP contribution is -2.12. The Morgan fingerprint density at radius 2 is 1.74 bits per heavy atom. The number of carbonyl (C=O) groups is 1. The van der Waals surface area contributed by atoms with E-state index in [4.69, 9.17) is 9.84 Å². The predicted molar refractivity (Wildman–Crippen MR) is 122 cm³/mol. The van der Waals surface area contributed by atoms with Crippen LogP contribution >= 0.6 is 11.3 Å². The third-order valence-electron chi connectivity index (χ3n) is 4.63. The van der Waals surface area contributed by atoms with Crippen molar-refractivity contribution in [2.75, 3.05) is 12.4 Å². The molecule has 0 unspecified atom stereocenters. The van der Waals surface area contributed by atoms with Crippen molar-refractivity contribution in [3.05, 3.63) is 71.4 Å². The maximum absolute atomic E-state index is 13.2. The van der Waals surface area contributed by atoms with Crippen molar-refractivity contribution in [2.45, 2.75) is 26.2 Å². The van der Waals surface area contributed by atoms with Crippen LogP contribution in [-0.2, 0) is 5.41 Å². The zero-order chi connectivity index (χ0) is 22.0. The van der Waals surface area contributed by atoms with Gasteiger partial charge in [0.05, 0.1) is 18.4 Å². The summed E-state index contributed by atoms with van der Waals surface area (Å²) in [6.45, 7) is 6.17. The Bertz CT molecular complexity index is 1210. The molecule has 0 fully saturated rings. The first-order valence-corrected chi connectivity index (χ1v) is 10.6. The molecule has 0 saturated heterocycles. The van der Waals surface area contributed by atoms with Gasteiger partial charge in [-0.2, -0.15) is 5.10 Å². The predicted octanol–water partition coefficient (Wildman–Crippen LogP) is 4.95. The Hall–Kier alpha value is -3.52. The average molecular weight is 434 g/mol. The molecular weight excluding hydrogens is 410 g/mol. The Labute approximate surface area is 184 Å². The fourth-order valence-electron chi connectivity index (χ4n) is 3.03. The van der Waals surface area contributed by atoms with Gasteiger partial charge in [-0.25, -0.2) is 4.68 Å². The second-order valence-electron chi connectivity index (χ2n) is 7.99. The smallest absolute Gasteiger partial charge is 0.261 e. The fraction of sp³-hybridized carbons (Fsp3) is 0.217. The topological polar surface area (TPSA) is 81.9 Å². The molecule has 31 heavy (non-hydrogen) atoms. The Balaban J connectivity index is 1.76. The Morgan fingerprint density at radius 1 is 1.03 bits per heavy atom. The number of hydrogen-bond acceptors (Lipinski definition) is 6. The molecule has 8 heteroatoms. The number of methoxy groups -OCH3 is 1. The molecule has 158 valence electrons. The molecule has 1 N–H and O–H groups in total. The maximum atomic E-state index is 13.2. The first-order chi connectivity index (χ1) is 14.9. The van der Waals surface area contributed by atoms with Crippen molar-refractivity contribution in [1.29, 1.82) is 0 Å². The number of ether oxygens (including phenoxy) is 1. The molecule has 0 atom stereocenters. The summed E-state index contributed by atoms with van der Waals surface area (Å²) in [5, 5.41) is 17.2. The van der Waals surface area contributed by atoms with Crippen LogP contribution in [0.1, 0.15) is 36.1 Å². The van der Waals surface area contributed by atoms with E-state index in [9.17, 15) is 4.79 Å². The van der Waals surface area contributed by atoms with Crippen LogP contribution in [0.15, 0.2) is 60.8 Å². The van der Waals surface area contributed by atoms with E-state index in [1.54, 1.807) is 18.0 Å². The fourth-order valence-corrected chi connectivity index (χ4v) is 3.83. The van der Waals surface area contributed by atoms with E-state index >= 15 is 0 Å². The van der Waals surface area contributed by atoms with Gasteiger partial charge in [-0.15, -0.1) is 10.2 Å². The van der Waals surface area contributed by atoms with Crippen molar-refractivity contribution in [1.82, 2.24) is 20.0 Å². The molecule has 2 aromatic carbocycles. The summed E-state index contributed by atoms with van der Waals surface area (Å²) >= 11 is 1.37. The Morgan fingerprint density at radius 3 is 2.42 bits per heavy atom. The van der Waals surface area contributed by atoms with Crippen LogP contribution in [0, 0.1) is 0 Å². The second-order valence-corrected chi connectivity index (χ2v) is 8.97. The van der Waals surface area contributed by atoms with Gasteiger partial charge >= 0.3 is 0 Å². The molecule has 4 rings (SSSR count). The first kappa shape index (κ1) is 20.7. The van der Waals surface area contributed by atoms with Crippen LogP contribution in [0.2, 0.25) is 0 Å². The van der Waals surface area contributed by atoms with Crippen LogP contribution in [0.25, 0.3) is 16.9 Å². The number of hydrogen-bond donors (Lipinski definition) is 1. The van der Waals surface area contributed by atoms with E-state index in [2.05, 4.69) is 36.3 Å². The van der Waals surface area contributed by atoms with Crippen LogP contribution < -0.4 is 10.1 Å². The minimum Gasteiger partial charge on any atom is -0.496 e. The number of anilines is 1. The standard InChI is InChI=1S/C23H23N5O2S/c1-23(2,3)21-25-26-22(31-21)24-20(29)17-14-28(15-10-6-5-7-11-15)27-19(17)16-12-8-9-13-18(16)30-4/h5-14H,1-4H3,(H,24,26,29). The third-order valence-corrected chi connectivity index (χ3v) is 5.89. The highest BCUT2D eigenvalue weighted by molar-refractivity contribution is 7.15. The van der Waals surface area contributed by atoms with Gasteiger partial charge in [0.25, 0.3) is 5.91 Å². The summed E-state index contributed by atoms with van der Waals surface area (Å²) < 4.78 is 7.20. The summed E-state index contributed by atoms with van der Waals surface area (Å²) in [6.07, 6.45) is 1.72. The SMILES string of the molecule is COc1ccccc1-c1nn(-c2ccccc2)cc1C(=O)Nc1nnc(C(C)(C)C)s1. The number of amides is 1. The Kier molecular flexibility index (Phi) is 5.56. The van der Waals surface area contributed by atoms with E-state index in [-0.39, 0.29) is 11.3 Å². The third kappa shape index (κ3) is 4.34. The highest BCUT2D eigenvalue weighted by Crippen LogP contribution is 2.33. The van der Waals surface area contributed by atoms with Gasteiger partial charge in [0, 0.05) is 17.2 Å². The van der Waals surface area contributed by atoms with E-state index < -0.39 is 0 Å². The highest BCUT2D eigenvalue weighted by atomic mass is 32.1. The highest BCUT2D eigenvalue weighted by Gasteiger charge is 2.24. The minimum absolute atomic E-state index is 0.137. The monoisotopic (exact) mass is 433 g/mol. The number of para-hydroxylation sites is 2. The van der Waals surface area contributed by atoms with Gasteiger partial charge in [0.1, 0.15) is 16.5 Å². The van der Waals surface area contributed by atoms with Crippen LogP contribution in [0.3, 0.4) is 0 Å². The number of aromatic nitrogens is 4. The number of rotatable bonds is 5. The van der Waals surface area contributed by atoms with E-state index in [1.807, 2.05) is 54.6 Å². The molecule has 7 nitrogen and oxygen atoms in total. The molecule has 0 aliphatic carbocycles. The average Bonchev–Trinajstić information content (AvgIpc) is 3.42. The molecule has 0 aliphatic heterocycles. The molecule has 0 bridgehead atoms. The lowest BCUT2D eigenvalue weighted by atomic mass is 9.98. The van der Waals surface area contributed by atoms with Gasteiger partial charge in [-0.3, -0.25) is 10.1 Å². The van der Waals surface area contributed by atoms with Gasteiger partial charge in [0.15, 0.2) is 0 Å². The van der Waals surface area contributed by atoms with Crippen LogP contribution in [0.5, 0.6) is 5.75 Å². The summed E-state index contributed by atoms with van der Waals surface area (Å²) in [6, 6.07) is 17.2. The molecule has 0 aliphatic rings. The molecule has 1 amide bonds. The summed E-state index contributed by atoms with van der Waals surface area (Å²) in [4.78, 5) is 13.2. The number of carbonyl (C=O) groups excluding carboxylic acids is 1. The normalized spacial score (nSPS) is 11.4.